The Morgan fingerprint density at radius 3 is 1.14 bits per heavy atom. The second kappa shape index (κ2) is 46.8. The van der Waals surface area contributed by atoms with Crippen molar-refractivity contribution in [1.29, 1.82) is 0 Å². The van der Waals surface area contributed by atoms with Crippen LogP contribution in [0, 0.1) is 0 Å². The van der Waals surface area contributed by atoms with Crippen molar-refractivity contribution < 1.29 is 28.6 Å². The Bertz CT molecular complexity index is 1070. The molecule has 0 heterocycles. The highest BCUT2D eigenvalue weighted by Crippen LogP contribution is 2.14. The molecular weight excluding hydrogens is 721 g/mol. The fourth-order valence-corrected chi connectivity index (χ4v) is 6.57. The first-order valence-electron chi connectivity index (χ1n) is 24.3. The lowest BCUT2D eigenvalue weighted by Crippen LogP contribution is -2.30. The van der Waals surface area contributed by atoms with Crippen LogP contribution in [0.2, 0.25) is 0 Å². The van der Waals surface area contributed by atoms with Crippen molar-refractivity contribution in [1.82, 2.24) is 0 Å². The third-order valence-corrected chi connectivity index (χ3v) is 10.2. The largest absolute Gasteiger partial charge is 0.462 e. The summed E-state index contributed by atoms with van der Waals surface area (Å²) in [4.78, 5) is 37.8. The number of ether oxygens (including phenoxy) is 3. The molecule has 0 aliphatic rings. The van der Waals surface area contributed by atoms with Crippen molar-refractivity contribution in [2.24, 2.45) is 0 Å². The van der Waals surface area contributed by atoms with Gasteiger partial charge in [0.05, 0.1) is 0 Å². The molecule has 0 aliphatic heterocycles. The highest BCUT2D eigenvalue weighted by Gasteiger charge is 2.19. The van der Waals surface area contributed by atoms with Gasteiger partial charge in [-0.05, 0) is 96.3 Å². The van der Waals surface area contributed by atoms with Crippen LogP contribution in [-0.4, -0.2) is 37.2 Å². The van der Waals surface area contributed by atoms with Gasteiger partial charge < -0.3 is 14.2 Å². The molecule has 0 radical (unpaired) electrons. The van der Waals surface area contributed by atoms with Crippen molar-refractivity contribution in [3.63, 3.8) is 0 Å². The van der Waals surface area contributed by atoms with E-state index in [1.807, 2.05) is 0 Å². The van der Waals surface area contributed by atoms with E-state index >= 15 is 0 Å². The minimum Gasteiger partial charge on any atom is -0.462 e. The van der Waals surface area contributed by atoms with Gasteiger partial charge in [0.1, 0.15) is 13.2 Å². The molecule has 334 valence electrons. The Morgan fingerprint density at radius 2 is 0.707 bits per heavy atom. The number of carbonyl (C=O) groups is 3. The van der Waals surface area contributed by atoms with E-state index in [-0.39, 0.29) is 31.1 Å². The Labute approximate surface area is 358 Å². The van der Waals surface area contributed by atoms with E-state index in [1.54, 1.807) is 0 Å². The lowest BCUT2D eigenvalue weighted by molar-refractivity contribution is -0.167. The summed E-state index contributed by atoms with van der Waals surface area (Å²) in [6, 6.07) is 0. The lowest BCUT2D eigenvalue weighted by Gasteiger charge is -2.18. The van der Waals surface area contributed by atoms with Crippen molar-refractivity contribution in [2.45, 2.75) is 239 Å². The molecule has 0 aromatic rings. The SMILES string of the molecule is CC/C=C\C/C=C\C/C=C\CCCCCCCCCC(=O)OCC(COC(=O)CCCCCCC/C=C\CCC)OC(=O)CCCCCCC/C=C\CCCCCC. The summed E-state index contributed by atoms with van der Waals surface area (Å²) in [6.07, 6.45) is 56.3. The molecule has 1 atom stereocenters. The standard InChI is InChI=1S/C52H90O6/c1-4-7-10-13-16-19-22-24-25-26-27-29-30-33-36-39-42-45-51(54)57-48-49(47-56-50(53)44-41-38-35-32-21-18-15-12-9-6-3)58-52(55)46-43-40-37-34-31-28-23-20-17-14-11-8-5-2/h7,10,12,15-16,19-20,23-25,49H,4-6,8-9,11,13-14,17-18,21-22,26-48H2,1-3H3/b10-7-,15-12-,19-16-,23-20-,25-24-. The number of hydrogen-bond donors (Lipinski definition) is 0. The normalized spacial score (nSPS) is 12.5. The molecule has 0 fully saturated rings. The summed E-state index contributed by atoms with van der Waals surface area (Å²) in [6.45, 7) is 6.42. The highest BCUT2D eigenvalue weighted by molar-refractivity contribution is 5.71. The monoisotopic (exact) mass is 811 g/mol. The van der Waals surface area contributed by atoms with Gasteiger partial charge in [-0.25, -0.2) is 0 Å². The lowest BCUT2D eigenvalue weighted by atomic mass is 10.1. The highest BCUT2D eigenvalue weighted by atomic mass is 16.6. The summed E-state index contributed by atoms with van der Waals surface area (Å²) in [7, 11) is 0. The average molecular weight is 811 g/mol. The molecular formula is C52H90O6. The molecule has 0 spiro atoms. The van der Waals surface area contributed by atoms with Crippen molar-refractivity contribution in [2.75, 3.05) is 13.2 Å². The Balaban J connectivity index is 4.37. The average Bonchev–Trinajstić information content (AvgIpc) is 3.22. The van der Waals surface area contributed by atoms with Crippen LogP contribution in [0.1, 0.15) is 233 Å². The van der Waals surface area contributed by atoms with Gasteiger partial charge in [-0.3, -0.25) is 14.4 Å². The van der Waals surface area contributed by atoms with E-state index in [4.69, 9.17) is 14.2 Å². The van der Waals surface area contributed by atoms with Crippen molar-refractivity contribution in [3.05, 3.63) is 60.8 Å². The molecule has 0 saturated carbocycles. The zero-order valence-corrected chi connectivity index (χ0v) is 38.0. The van der Waals surface area contributed by atoms with E-state index in [9.17, 15) is 14.4 Å². The van der Waals surface area contributed by atoms with Crippen LogP contribution < -0.4 is 0 Å². The third kappa shape index (κ3) is 44.2. The first-order valence-corrected chi connectivity index (χ1v) is 24.3. The van der Waals surface area contributed by atoms with Gasteiger partial charge in [0.2, 0.25) is 0 Å². The van der Waals surface area contributed by atoms with Gasteiger partial charge in [-0.15, -0.1) is 0 Å². The van der Waals surface area contributed by atoms with Crippen LogP contribution in [0.5, 0.6) is 0 Å². The maximum atomic E-state index is 12.7. The van der Waals surface area contributed by atoms with Crippen molar-refractivity contribution >= 4 is 17.9 Å². The zero-order chi connectivity index (χ0) is 42.3. The Hall–Kier alpha value is -2.89. The van der Waals surface area contributed by atoms with Gasteiger partial charge >= 0.3 is 17.9 Å². The Kier molecular flexibility index (Phi) is 44.5. The number of unbranched alkanes of at least 4 members (excludes halogenated alkanes) is 22. The second-order valence-electron chi connectivity index (χ2n) is 16.0. The van der Waals surface area contributed by atoms with Gasteiger partial charge in [0, 0.05) is 19.3 Å². The van der Waals surface area contributed by atoms with E-state index in [0.29, 0.717) is 19.3 Å². The maximum Gasteiger partial charge on any atom is 0.306 e. The van der Waals surface area contributed by atoms with Crippen LogP contribution in [0.4, 0.5) is 0 Å². The van der Waals surface area contributed by atoms with E-state index < -0.39 is 6.10 Å². The molecule has 0 aromatic heterocycles. The molecule has 6 nitrogen and oxygen atoms in total. The first-order chi connectivity index (χ1) is 28.5. The zero-order valence-electron chi connectivity index (χ0n) is 38.0. The second-order valence-corrected chi connectivity index (χ2v) is 16.0. The maximum absolute atomic E-state index is 12.7. The van der Waals surface area contributed by atoms with E-state index in [1.165, 1.54) is 83.5 Å². The van der Waals surface area contributed by atoms with Gasteiger partial charge in [-0.2, -0.15) is 0 Å². The number of allylic oxidation sites excluding steroid dienone is 10. The molecule has 0 saturated heterocycles. The fraction of sp³-hybridized carbons (Fsp3) is 0.750. The molecule has 0 aliphatic carbocycles. The van der Waals surface area contributed by atoms with Crippen molar-refractivity contribution in [3.8, 4) is 0 Å². The van der Waals surface area contributed by atoms with Crippen LogP contribution >= 0.6 is 0 Å². The van der Waals surface area contributed by atoms with Crippen LogP contribution in [0.15, 0.2) is 60.8 Å². The molecule has 0 amide bonds. The fourth-order valence-electron chi connectivity index (χ4n) is 6.57. The van der Waals surface area contributed by atoms with Gasteiger partial charge in [-0.1, -0.05) is 178 Å². The summed E-state index contributed by atoms with van der Waals surface area (Å²) in [5, 5.41) is 0. The van der Waals surface area contributed by atoms with E-state index in [2.05, 4.69) is 81.5 Å². The minimum atomic E-state index is -0.783. The smallest absolute Gasteiger partial charge is 0.306 e. The molecule has 1 unspecified atom stereocenters. The molecule has 0 bridgehead atoms. The molecule has 0 aromatic carbocycles. The first kappa shape index (κ1) is 55.1. The molecule has 0 N–H and O–H groups in total. The summed E-state index contributed by atoms with van der Waals surface area (Å²) >= 11 is 0. The summed E-state index contributed by atoms with van der Waals surface area (Å²) in [5.41, 5.74) is 0. The number of hydrogen-bond acceptors (Lipinski definition) is 6. The quantitative estimate of drug-likeness (QED) is 0.0264. The predicted octanol–water partition coefficient (Wildman–Crippen LogP) is 15.7. The third-order valence-electron chi connectivity index (χ3n) is 10.2. The molecule has 58 heavy (non-hydrogen) atoms. The van der Waals surface area contributed by atoms with Gasteiger partial charge in [0.25, 0.3) is 0 Å². The topological polar surface area (TPSA) is 78.9 Å². The van der Waals surface area contributed by atoms with Gasteiger partial charge in [0.15, 0.2) is 6.10 Å². The number of carbonyl (C=O) groups excluding carboxylic acids is 3. The Morgan fingerprint density at radius 1 is 0.362 bits per heavy atom. The predicted molar refractivity (Wildman–Crippen MR) is 247 cm³/mol. The molecule has 6 heteroatoms. The van der Waals surface area contributed by atoms with E-state index in [0.717, 1.165) is 109 Å². The summed E-state index contributed by atoms with van der Waals surface area (Å²) < 4.78 is 16.7. The summed E-state index contributed by atoms with van der Waals surface area (Å²) in [5.74, 6) is -0.915. The van der Waals surface area contributed by atoms with Crippen LogP contribution in [0.3, 0.4) is 0 Å². The number of esters is 3. The molecule has 0 rings (SSSR count). The number of rotatable bonds is 43. The minimum absolute atomic E-state index is 0.0855. The van der Waals surface area contributed by atoms with Crippen LogP contribution in [0.25, 0.3) is 0 Å². The van der Waals surface area contributed by atoms with Crippen LogP contribution in [-0.2, 0) is 28.6 Å².